The van der Waals surface area contributed by atoms with Crippen molar-refractivity contribution in [2.45, 2.75) is 20.8 Å². The van der Waals surface area contributed by atoms with Gasteiger partial charge in [0.2, 0.25) is 0 Å². The van der Waals surface area contributed by atoms with Gasteiger partial charge in [0.15, 0.2) is 5.65 Å². The highest BCUT2D eigenvalue weighted by Crippen LogP contribution is 2.28. The lowest BCUT2D eigenvalue weighted by atomic mass is 10.1. The third-order valence-electron chi connectivity index (χ3n) is 6.09. The number of rotatable bonds is 3. The second-order valence-electron chi connectivity index (χ2n) is 8.02. The van der Waals surface area contributed by atoms with E-state index in [0.29, 0.717) is 0 Å². The molecule has 1 aliphatic heterocycles. The zero-order chi connectivity index (χ0) is 20.7. The first-order valence-electron chi connectivity index (χ1n) is 10.4. The summed E-state index contributed by atoms with van der Waals surface area (Å²) in [6.45, 7) is 10.3. The van der Waals surface area contributed by atoms with E-state index in [-0.39, 0.29) is 0 Å². The third-order valence-corrected chi connectivity index (χ3v) is 6.09. The monoisotopic (exact) mass is 398 g/mol. The molecule has 4 aromatic rings. The third kappa shape index (κ3) is 3.18. The summed E-state index contributed by atoms with van der Waals surface area (Å²) in [6.07, 6.45) is 3.55. The summed E-state index contributed by atoms with van der Waals surface area (Å²) < 4.78 is 1.90. The van der Waals surface area contributed by atoms with E-state index in [0.717, 1.165) is 48.7 Å². The average molecular weight is 399 g/mol. The number of hydrogen-bond donors (Lipinski definition) is 0. The Balaban J connectivity index is 1.42. The molecule has 5 rings (SSSR count). The van der Waals surface area contributed by atoms with Crippen molar-refractivity contribution in [3.63, 3.8) is 0 Å². The molecule has 0 aliphatic carbocycles. The summed E-state index contributed by atoms with van der Waals surface area (Å²) in [4.78, 5) is 14.0. The molecule has 1 aliphatic rings. The topological polar surface area (TPSA) is 50.1 Å². The Hall–Kier alpha value is -3.41. The van der Waals surface area contributed by atoms with Crippen molar-refractivity contribution in [1.29, 1.82) is 0 Å². The molecule has 0 N–H and O–H groups in total. The summed E-state index contributed by atoms with van der Waals surface area (Å²) in [7, 11) is 0. The van der Waals surface area contributed by atoms with Gasteiger partial charge in [0.05, 0.1) is 17.3 Å². The van der Waals surface area contributed by atoms with Crippen LogP contribution in [-0.4, -0.2) is 45.9 Å². The minimum Gasteiger partial charge on any atom is -0.368 e. The molecule has 30 heavy (non-hydrogen) atoms. The van der Waals surface area contributed by atoms with Crippen molar-refractivity contribution >= 4 is 22.5 Å². The van der Waals surface area contributed by atoms with Crippen molar-refractivity contribution in [2.24, 2.45) is 0 Å². The van der Waals surface area contributed by atoms with Gasteiger partial charge in [0.25, 0.3) is 0 Å². The van der Waals surface area contributed by atoms with Crippen molar-refractivity contribution in [2.75, 3.05) is 36.0 Å². The van der Waals surface area contributed by atoms with E-state index in [1.54, 1.807) is 6.33 Å². The molecular formula is C24H26N6. The van der Waals surface area contributed by atoms with E-state index >= 15 is 0 Å². The maximum Gasteiger partial charge on any atom is 0.168 e. The van der Waals surface area contributed by atoms with Gasteiger partial charge in [-0.15, -0.1) is 0 Å². The largest absolute Gasteiger partial charge is 0.368 e. The molecule has 1 fully saturated rings. The normalized spacial score (nSPS) is 14.5. The number of anilines is 2. The van der Waals surface area contributed by atoms with E-state index in [9.17, 15) is 0 Å². The minimum absolute atomic E-state index is 0.850. The summed E-state index contributed by atoms with van der Waals surface area (Å²) in [5.41, 5.74) is 7.13. The Bertz CT molecular complexity index is 1200. The summed E-state index contributed by atoms with van der Waals surface area (Å²) in [5, 5.41) is 5.62. The fourth-order valence-electron chi connectivity index (χ4n) is 4.27. The van der Waals surface area contributed by atoms with Crippen molar-refractivity contribution in [3.8, 4) is 5.69 Å². The van der Waals surface area contributed by atoms with E-state index in [4.69, 9.17) is 0 Å². The molecular weight excluding hydrogens is 372 g/mol. The Morgan fingerprint density at radius 1 is 0.833 bits per heavy atom. The molecule has 0 bridgehead atoms. The highest BCUT2D eigenvalue weighted by atomic mass is 15.3. The highest BCUT2D eigenvalue weighted by molar-refractivity contribution is 5.87. The molecule has 0 spiro atoms. The van der Waals surface area contributed by atoms with Gasteiger partial charge in [-0.3, -0.25) is 0 Å². The standard InChI is InChI=1S/C24H26N6/c1-17-6-4-8-20(14-17)30-24-21(15-27-30)23(25-16-26-24)29-12-10-28(11-13-29)22-9-5-7-18(2)19(22)3/h4-9,14-16H,10-13H2,1-3H3. The Morgan fingerprint density at radius 2 is 1.60 bits per heavy atom. The Morgan fingerprint density at radius 3 is 2.40 bits per heavy atom. The van der Waals surface area contributed by atoms with Crippen LogP contribution in [0.25, 0.3) is 16.7 Å². The van der Waals surface area contributed by atoms with Crippen LogP contribution < -0.4 is 9.80 Å². The first-order valence-corrected chi connectivity index (χ1v) is 10.4. The van der Waals surface area contributed by atoms with Crippen LogP contribution in [0, 0.1) is 20.8 Å². The minimum atomic E-state index is 0.850. The summed E-state index contributed by atoms with van der Waals surface area (Å²) >= 11 is 0. The molecule has 0 unspecified atom stereocenters. The predicted octanol–water partition coefficient (Wildman–Crippen LogP) is 4.07. The van der Waals surface area contributed by atoms with Gasteiger partial charge in [-0.1, -0.05) is 24.3 Å². The molecule has 0 radical (unpaired) electrons. The van der Waals surface area contributed by atoms with E-state index in [2.05, 4.69) is 82.0 Å². The molecule has 0 saturated carbocycles. The fraction of sp³-hybridized carbons (Fsp3) is 0.292. The van der Waals surface area contributed by atoms with Crippen LogP contribution >= 0.6 is 0 Å². The van der Waals surface area contributed by atoms with Gasteiger partial charge in [0, 0.05) is 31.9 Å². The Labute approximate surface area is 176 Å². The lowest BCUT2D eigenvalue weighted by Gasteiger charge is -2.37. The lowest BCUT2D eigenvalue weighted by molar-refractivity contribution is 0.647. The van der Waals surface area contributed by atoms with Gasteiger partial charge in [-0.2, -0.15) is 5.10 Å². The SMILES string of the molecule is Cc1cccc(-n2ncc3c(N4CCN(c5cccc(C)c5C)CC4)ncnc32)c1. The maximum absolute atomic E-state index is 4.63. The summed E-state index contributed by atoms with van der Waals surface area (Å²) in [6, 6.07) is 14.9. The maximum atomic E-state index is 4.63. The molecule has 2 aromatic carbocycles. The highest BCUT2D eigenvalue weighted by Gasteiger charge is 2.22. The quantitative estimate of drug-likeness (QED) is 0.521. The van der Waals surface area contributed by atoms with Gasteiger partial charge in [-0.25, -0.2) is 14.6 Å². The number of aryl methyl sites for hydroxylation is 2. The molecule has 0 amide bonds. The lowest BCUT2D eigenvalue weighted by Crippen LogP contribution is -2.47. The van der Waals surface area contributed by atoms with Crippen LogP contribution in [0.2, 0.25) is 0 Å². The summed E-state index contributed by atoms with van der Waals surface area (Å²) in [5.74, 6) is 0.972. The van der Waals surface area contributed by atoms with Crippen LogP contribution in [0.5, 0.6) is 0 Å². The molecule has 3 heterocycles. The fourth-order valence-corrected chi connectivity index (χ4v) is 4.27. The van der Waals surface area contributed by atoms with Crippen LogP contribution in [0.1, 0.15) is 16.7 Å². The van der Waals surface area contributed by atoms with Crippen LogP contribution in [0.3, 0.4) is 0 Å². The number of fused-ring (bicyclic) bond motifs is 1. The first-order chi connectivity index (χ1) is 14.6. The molecule has 1 saturated heterocycles. The second kappa shape index (κ2) is 7.44. The zero-order valence-corrected chi connectivity index (χ0v) is 17.7. The number of hydrogen-bond acceptors (Lipinski definition) is 5. The van der Waals surface area contributed by atoms with Gasteiger partial charge < -0.3 is 9.80 Å². The van der Waals surface area contributed by atoms with Gasteiger partial charge in [-0.05, 0) is 55.7 Å². The smallest absolute Gasteiger partial charge is 0.168 e. The number of benzene rings is 2. The second-order valence-corrected chi connectivity index (χ2v) is 8.02. The van der Waals surface area contributed by atoms with Crippen LogP contribution in [0.15, 0.2) is 55.0 Å². The molecule has 2 aromatic heterocycles. The predicted molar refractivity (Wildman–Crippen MR) is 122 cm³/mol. The van der Waals surface area contributed by atoms with Gasteiger partial charge in [0.1, 0.15) is 12.1 Å². The zero-order valence-electron chi connectivity index (χ0n) is 17.7. The number of piperazine rings is 1. The van der Waals surface area contributed by atoms with Crippen molar-refractivity contribution in [3.05, 3.63) is 71.7 Å². The van der Waals surface area contributed by atoms with E-state index < -0.39 is 0 Å². The van der Waals surface area contributed by atoms with Crippen molar-refractivity contribution < 1.29 is 0 Å². The molecule has 6 nitrogen and oxygen atoms in total. The molecule has 152 valence electrons. The van der Waals surface area contributed by atoms with E-state index in [1.807, 2.05) is 16.9 Å². The molecule has 6 heteroatoms. The molecule has 0 atom stereocenters. The van der Waals surface area contributed by atoms with Crippen molar-refractivity contribution in [1.82, 2.24) is 19.7 Å². The van der Waals surface area contributed by atoms with Crippen LogP contribution in [0.4, 0.5) is 11.5 Å². The Kier molecular flexibility index (Phi) is 4.62. The van der Waals surface area contributed by atoms with E-state index in [1.165, 1.54) is 22.4 Å². The number of nitrogens with zero attached hydrogens (tertiary/aromatic N) is 6. The first kappa shape index (κ1) is 18.6. The van der Waals surface area contributed by atoms with Crippen LogP contribution in [-0.2, 0) is 0 Å². The average Bonchev–Trinajstić information content (AvgIpc) is 3.20. The van der Waals surface area contributed by atoms with Gasteiger partial charge >= 0.3 is 0 Å². The number of aromatic nitrogens is 4.